The average molecular weight is 287 g/mol. The van der Waals surface area contributed by atoms with Gasteiger partial charge < -0.3 is 10.1 Å². The molecule has 0 bridgehead atoms. The van der Waals surface area contributed by atoms with Gasteiger partial charge in [-0.15, -0.1) is 0 Å². The van der Waals surface area contributed by atoms with Crippen molar-refractivity contribution < 1.29 is 4.74 Å². The van der Waals surface area contributed by atoms with Gasteiger partial charge in [-0.05, 0) is 44.2 Å². The van der Waals surface area contributed by atoms with Crippen LogP contribution in [-0.2, 0) is 10.2 Å². The van der Waals surface area contributed by atoms with Gasteiger partial charge in [-0.25, -0.2) is 0 Å². The summed E-state index contributed by atoms with van der Waals surface area (Å²) >= 11 is 0. The number of hydrogen-bond acceptors (Lipinski definition) is 2. The van der Waals surface area contributed by atoms with Crippen molar-refractivity contribution in [1.29, 1.82) is 0 Å². The molecule has 0 aromatic heterocycles. The van der Waals surface area contributed by atoms with Crippen LogP contribution in [0.1, 0.15) is 50.5 Å². The van der Waals surface area contributed by atoms with E-state index in [1.54, 1.807) is 0 Å². The molecule has 2 aliphatic rings. The average Bonchev–Trinajstić information content (AvgIpc) is 2.58. The summed E-state index contributed by atoms with van der Waals surface area (Å²) in [7, 11) is 2.17. The summed E-state index contributed by atoms with van der Waals surface area (Å²) < 4.78 is 5.70. The molecule has 0 amide bonds. The minimum absolute atomic E-state index is 0.260. The Morgan fingerprint density at radius 1 is 1.05 bits per heavy atom. The fraction of sp³-hybridized carbons (Fsp3) is 0.684. The predicted octanol–water partition coefficient (Wildman–Crippen LogP) is 3.90. The van der Waals surface area contributed by atoms with E-state index < -0.39 is 0 Å². The van der Waals surface area contributed by atoms with Crippen LogP contribution in [0.4, 0.5) is 0 Å². The molecule has 1 N–H and O–H groups in total. The Morgan fingerprint density at radius 2 is 1.71 bits per heavy atom. The van der Waals surface area contributed by atoms with Gasteiger partial charge in [0.1, 0.15) is 0 Å². The summed E-state index contributed by atoms with van der Waals surface area (Å²) in [5, 5.41) is 3.73. The standard InChI is InChI=1S/C19H29NO/c1-20-18(16-8-4-2-5-9-16)19(12-14-21-15-13-19)17-10-6-3-7-11-17/h3,6-7,10-11,16,18,20H,2,4-5,8-9,12-15H2,1H3. The maximum Gasteiger partial charge on any atom is 0.0475 e. The highest BCUT2D eigenvalue weighted by atomic mass is 16.5. The third kappa shape index (κ3) is 3.02. The molecule has 1 aliphatic carbocycles. The number of benzene rings is 1. The summed E-state index contributed by atoms with van der Waals surface area (Å²) in [5.74, 6) is 0.821. The molecule has 2 fully saturated rings. The zero-order chi connectivity index (χ0) is 14.5. The Hall–Kier alpha value is -0.860. The van der Waals surface area contributed by atoms with Crippen LogP contribution >= 0.6 is 0 Å². The second-order valence-electron chi connectivity index (χ2n) is 6.80. The molecule has 0 spiro atoms. The van der Waals surface area contributed by atoms with Crippen LogP contribution in [0.5, 0.6) is 0 Å². The van der Waals surface area contributed by atoms with E-state index in [1.807, 2.05) is 0 Å². The van der Waals surface area contributed by atoms with Crippen molar-refractivity contribution in [3.05, 3.63) is 35.9 Å². The van der Waals surface area contributed by atoms with Gasteiger partial charge in [-0.1, -0.05) is 49.6 Å². The van der Waals surface area contributed by atoms with E-state index in [0.29, 0.717) is 6.04 Å². The van der Waals surface area contributed by atoms with Gasteiger partial charge in [-0.3, -0.25) is 0 Å². The molecule has 1 heterocycles. The smallest absolute Gasteiger partial charge is 0.0475 e. The third-order valence-corrected chi connectivity index (χ3v) is 5.76. The van der Waals surface area contributed by atoms with Crippen LogP contribution < -0.4 is 5.32 Å². The normalized spacial score (nSPS) is 24.6. The summed E-state index contributed by atoms with van der Waals surface area (Å²) in [6, 6.07) is 11.8. The fourth-order valence-corrected chi connectivity index (χ4v) is 4.72. The lowest BCUT2D eigenvalue weighted by Gasteiger charge is -2.48. The Labute approximate surface area is 129 Å². The van der Waals surface area contributed by atoms with Crippen LogP contribution in [0, 0.1) is 5.92 Å². The summed E-state index contributed by atoms with van der Waals surface area (Å²) in [6.45, 7) is 1.81. The second-order valence-corrected chi connectivity index (χ2v) is 6.80. The largest absolute Gasteiger partial charge is 0.381 e. The van der Waals surface area contributed by atoms with Gasteiger partial charge in [0.05, 0.1) is 0 Å². The van der Waals surface area contributed by atoms with Crippen molar-refractivity contribution in [2.75, 3.05) is 20.3 Å². The predicted molar refractivity (Wildman–Crippen MR) is 87.6 cm³/mol. The SMILES string of the molecule is CNC(C1CCCCC1)C1(c2ccccc2)CCOCC1. The maximum absolute atomic E-state index is 5.70. The molecule has 1 saturated carbocycles. The molecule has 1 saturated heterocycles. The molecule has 3 rings (SSSR count). The molecule has 2 nitrogen and oxygen atoms in total. The third-order valence-electron chi connectivity index (χ3n) is 5.76. The van der Waals surface area contributed by atoms with E-state index in [0.717, 1.165) is 32.0 Å². The van der Waals surface area contributed by atoms with Gasteiger partial charge in [0, 0.05) is 24.7 Å². The fourth-order valence-electron chi connectivity index (χ4n) is 4.72. The molecule has 1 unspecified atom stereocenters. The Kier molecular flexibility index (Phi) is 4.97. The quantitative estimate of drug-likeness (QED) is 0.906. The van der Waals surface area contributed by atoms with Gasteiger partial charge in [0.2, 0.25) is 0 Å². The second kappa shape index (κ2) is 6.93. The molecular formula is C19H29NO. The molecule has 0 radical (unpaired) electrons. The van der Waals surface area contributed by atoms with Crippen LogP contribution in [0.2, 0.25) is 0 Å². The number of hydrogen-bond donors (Lipinski definition) is 1. The first-order valence-corrected chi connectivity index (χ1v) is 8.67. The monoisotopic (exact) mass is 287 g/mol. The topological polar surface area (TPSA) is 21.3 Å². The minimum Gasteiger partial charge on any atom is -0.381 e. The Bertz CT molecular complexity index is 418. The van der Waals surface area contributed by atoms with Crippen molar-refractivity contribution in [3.63, 3.8) is 0 Å². The van der Waals surface area contributed by atoms with Crippen LogP contribution in [0.15, 0.2) is 30.3 Å². The first-order chi connectivity index (χ1) is 10.4. The molecular weight excluding hydrogens is 258 g/mol. The van der Waals surface area contributed by atoms with Crippen molar-refractivity contribution >= 4 is 0 Å². The molecule has 1 atom stereocenters. The van der Waals surface area contributed by atoms with Gasteiger partial charge in [-0.2, -0.15) is 0 Å². The van der Waals surface area contributed by atoms with E-state index >= 15 is 0 Å². The Morgan fingerprint density at radius 3 is 2.33 bits per heavy atom. The summed E-state index contributed by atoms with van der Waals surface area (Å²) in [6.07, 6.45) is 9.32. The maximum atomic E-state index is 5.70. The zero-order valence-electron chi connectivity index (χ0n) is 13.3. The van der Waals surface area contributed by atoms with Crippen LogP contribution in [-0.4, -0.2) is 26.3 Å². The lowest BCUT2D eigenvalue weighted by molar-refractivity contribution is 0.0210. The van der Waals surface area contributed by atoms with Crippen molar-refractivity contribution in [2.24, 2.45) is 5.92 Å². The van der Waals surface area contributed by atoms with E-state index in [-0.39, 0.29) is 5.41 Å². The highest BCUT2D eigenvalue weighted by molar-refractivity contribution is 5.29. The molecule has 116 valence electrons. The zero-order valence-corrected chi connectivity index (χ0v) is 13.3. The molecule has 2 heteroatoms. The van der Waals surface area contributed by atoms with Gasteiger partial charge in [0.15, 0.2) is 0 Å². The van der Waals surface area contributed by atoms with Gasteiger partial charge in [0.25, 0.3) is 0 Å². The minimum atomic E-state index is 0.260. The number of rotatable bonds is 4. The van der Waals surface area contributed by atoms with E-state index in [2.05, 4.69) is 42.7 Å². The van der Waals surface area contributed by atoms with Crippen molar-refractivity contribution in [2.45, 2.75) is 56.4 Å². The van der Waals surface area contributed by atoms with Gasteiger partial charge >= 0.3 is 0 Å². The lowest BCUT2D eigenvalue weighted by atomic mass is 9.63. The van der Waals surface area contributed by atoms with Crippen LogP contribution in [0.25, 0.3) is 0 Å². The van der Waals surface area contributed by atoms with E-state index in [1.165, 1.54) is 37.7 Å². The summed E-state index contributed by atoms with van der Waals surface area (Å²) in [5.41, 5.74) is 1.77. The van der Waals surface area contributed by atoms with Crippen molar-refractivity contribution in [3.8, 4) is 0 Å². The number of ether oxygens (including phenoxy) is 1. The number of likely N-dealkylation sites (N-methyl/N-ethyl adjacent to an activating group) is 1. The van der Waals surface area contributed by atoms with E-state index in [9.17, 15) is 0 Å². The van der Waals surface area contributed by atoms with Crippen LogP contribution in [0.3, 0.4) is 0 Å². The molecule has 1 aromatic carbocycles. The molecule has 1 aromatic rings. The molecule has 1 aliphatic heterocycles. The summed E-state index contributed by atoms with van der Waals surface area (Å²) in [4.78, 5) is 0. The highest BCUT2D eigenvalue weighted by Gasteiger charge is 2.44. The Balaban J connectivity index is 1.93. The lowest BCUT2D eigenvalue weighted by Crippen LogP contribution is -2.54. The van der Waals surface area contributed by atoms with Crippen molar-refractivity contribution in [1.82, 2.24) is 5.32 Å². The first-order valence-electron chi connectivity index (χ1n) is 8.67. The molecule has 21 heavy (non-hydrogen) atoms. The number of nitrogens with one attached hydrogen (secondary N) is 1. The van der Waals surface area contributed by atoms with E-state index in [4.69, 9.17) is 4.74 Å². The first kappa shape index (κ1) is 15.1. The highest BCUT2D eigenvalue weighted by Crippen LogP contribution is 2.43.